The second kappa shape index (κ2) is 5.23. The Hall–Kier alpha value is -2.15. The van der Waals surface area contributed by atoms with E-state index >= 15 is 0 Å². The number of anilines is 1. The molecule has 0 aliphatic rings. The number of aromatic nitrogens is 1. The van der Waals surface area contributed by atoms with Gasteiger partial charge >= 0.3 is 5.97 Å². The lowest BCUT2D eigenvalue weighted by atomic mass is 10.2. The fourth-order valence-electron chi connectivity index (χ4n) is 1.42. The van der Waals surface area contributed by atoms with Gasteiger partial charge in [-0.3, -0.25) is 0 Å². The van der Waals surface area contributed by atoms with E-state index in [9.17, 15) is 9.18 Å². The minimum atomic E-state index is -1.19. The first-order chi connectivity index (χ1) is 8.97. The van der Waals surface area contributed by atoms with Crippen LogP contribution in [0.15, 0.2) is 34.9 Å². The Morgan fingerprint density at radius 2 is 2.16 bits per heavy atom. The molecule has 1 aromatic carbocycles. The van der Waals surface area contributed by atoms with E-state index in [0.29, 0.717) is 4.47 Å². The van der Waals surface area contributed by atoms with Gasteiger partial charge in [-0.1, -0.05) is 15.9 Å². The zero-order valence-corrected chi connectivity index (χ0v) is 11.0. The number of aromatic carboxylic acids is 1. The highest BCUT2D eigenvalue weighted by Gasteiger charge is 2.14. The maximum atomic E-state index is 13.2. The van der Waals surface area contributed by atoms with E-state index < -0.39 is 11.8 Å². The number of carboxylic acid groups (broad SMARTS) is 1. The number of halogens is 2. The standard InChI is InChI=1S/C12H8BrFN2O3/c13-6-3-7(14)5-8(4-6)19-11-10(15)9(12(17)18)1-2-16-11/h1-5H,15H2,(H,17,18). The Morgan fingerprint density at radius 1 is 1.42 bits per heavy atom. The maximum Gasteiger partial charge on any atom is 0.338 e. The lowest BCUT2D eigenvalue weighted by Crippen LogP contribution is -2.05. The molecule has 2 aromatic rings. The van der Waals surface area contributed by atoms with Crippen molar-refractivity contribution in [1.82, 2.24) is 4.98 Å². The highest BCUT2D eigenvalue weighted by molar-refractivity contribution is 9.10. The van der Waals surface area contributed by atoms with E-state index in [2.05, 4.69) is 20.9 Å². The minimum absolute atomic E-state index is 0.0857. The molecule has 0 radical (unpaired) electrons. The van der Waals surface area contributed by atoms with Crippen molar-refractivity contribution < 1.29 is 19.0 Å². The second-order valence-corrected chi connectivity index (χ2v) is 4.51. The van der Waals surface area contributed by atoms with Crippen LogP contribution in [0.2, 0.25) is 0 Å². The molecule has 0 spiro atoms. The molecule has 19 heavy (non-hydrogen) atoms. The molecule has 2 rings (SSSR count). The second-order valence-electron chi connectivity index (χ2n) is 3.59. The Morgan fingerprint density at radius 3 is 2.79 bits per heavy atom. The Labute approximate surface area is 116 Å². The molecule has 0 fully saturated rings. The molecule has 5 nitrogen and oxygen atoms in total. The van der Waals surface area contributed by atoms with Crippen molar-refractivity contribution in [3.8, 4) is 11.6 Å². The van der Waals surface area contributed by atoms with Crippen LogP contribution in [-0.4, -0.2) is 16.1 Å². The Balaban J connectivity index is 2.38. The third-order valence-corrected chi connectivity index (χ3v) is 2.69. The minimum Gasteiger partial charge on any atom is -0.478 e. The smallest absolute Gasteiger partial charge is 0.338 e. The summed E-state index contributed by atoms with van der Waals surface area (Å²) in [7, 11) is 0. The average molecular weight is 327 g/mol. The van der Waals surface area contributed by atoms with Gasteiger partial charge in [0.05, 0.1) is 5.56 Å². The maximum absolute atomic E-state index is 13.2. The molecule has 0 bridgehead atoms. The summed E-state index contributed by atoms with van der Waals surface area (Å²) in [5.41, 5.74) is 5.39. The summed E-state index contributed by atoms with van der Waals surface area (Å²) >= 11 is 3.12. The molecule has 0 aliphatic carbocycles. The van der Waals surface area contributed by atoms with Gasteiger partial charge in [-0.25, -0.2) is 14.2 Å². The lowest BCUT2D eigenvalue weighted by Gasteiger charge is -2.09. The fraction of sp³-hybridized carbons (Fsp3) is 0. The number of carboxylic acids is 1. The van der Waals surface area contributed by atoms with Gasteiger partial charge < -0.3 is 15.6 Å². The highest BCUT2D eigenvalue weighted by Crippen LogP contribution is 2.29. The monoisotopic (exact) mass is 326 g/mol. The van der Waals surface area contributed by atoms with Crippen molar-refractivity contribution in [2.24, 2.45) is 0 Å². The molecular weight excluding hydrogens is 319 g/mol. The Bertz CT molecular complexity index is 629. The van der Waals surface area contributed by atoms with E-state index in [1.54, 1.807) is 0 Å². The van der Waals surface area contributed by atoms with Gasteiger partial charge in [0.2, 0.25) is 5.88 Å². The molecule has 1 aromatic heterocycles. The summed E-state index contributed by atoms with van der Waals surface area (Å²) in [4.78, 5) is 14.7. The van der Waals surface area contributed by atoms with Crippen LogP contribution in [0, 0.1) is 5.82 Å². The lowest BCUT2D eigenvalue weighted by molar-refractivity contribution is 0.0697. The zero-order chi connectivity index (χ0) is 14.0. The van der Waals surface area contributed by atoms with Gasteiger partial charge in [0.1, 0.15) is 17.3 Å². The Kier molecular flexibility index (Phi) is 3.66. The quantitative estimate of drug-likeness (QED) is 0.905. The topological polar surface area (TPSA) is 85.4 Å². The van der Waals surface area contributed by atoms with Gasteiger partial charge in [0, 0.05) is 16.7 Å². The van der Waals surface area contributed by atoms with Crippen LogP contribution < -0.4 is 10.5 Å². The molecule has 98 valence electrons. The number of hydrogen-bond acceptors (Lipinski definition) is 4. The van der Waals surface area contributed by atoms with Crippen LogP contribution in [0.1, 0.15) is 10.4 Å². The number of carbonyl (C=O) groups is 1. The molecule has 3 N–H and O–H groups in total. The molecule has 0 saturated carbocycles. The number of nitrogen functional groups attached to an aromatic ring is 1. The largest absolute Gasteiger partial charge is 0.478 e. The summed E-state index contributed by atoms with van der Waals surface area (Å²) < 4.78 is 19.0. The van der Waals surface area contributed by atoms with Gasteiger partial charge in [-0.15, -0.1) is 0 Å². The summed E-state index contributed by atoms with van der Waals surface area (Å²) in [6, 6.07) is 5.17. The van der Waals surface area contributed by atoms with Crippen molar-refractivity contribution >= 4 is 27.6 Å². The van der Waals surface area contributed by atoms with E-state index in [4.69, 9.17) is 15.6 Å². The normalized spacial score (nSPS) is 10.2. The molecule has 7 heteroatoms. The van der Waals surface area contributed by atoms with Crippen LogP contribution >= 0.6 is 15.9 Å². The molecule has 1 heterocycles. The molecular formula is C12H8BrFN2O3. The van der Waals surface area contributed by atoms with E-state index in [0.717, 1.165) is 6.07 Å². The van der Waals surface area contributed by atoms with Gasteiger partial charge in [-0.05, 0) is 18.2 Å². The zero-order valence-electron chi connectivity index (χ0n) is 9.43. The number of ether oxygens (including phenoxy) is 1. The van der Waals surface area contributed by atoms with Crippen LogP contribution in [-0.2, 0) is 0 Å². The van der Waals surface area contributed by atoms with Gasteiger partial charge in [0.15, 0.2) is 0 Å². The third kappa shape index (κ3) is 3.00. The summed E-state index contributed by atoms with van der Waals surface area (Å²) in [6.45, 7) is 0. The number of hydrogen-bond donors (Lipinski definition) is 2. The first kappa shape index (κ1) is 13.3. The number of pyridine rings is 1. The van der Waals surface area contributed by atoms with Crippen molar-refractivity contribution in [2.45, 2.75) is 0 Å². The number of nitrogens with two attached hydrogens (primary N) is 1. The number of nitrogens with zero attached hydrogens (tertiary/aromatic N) is 1. The molecule has 0 aliphatic heterocycles. The highest BCUT2D eigenvalue weighted by atomic mass is 79.9. The van der Waals surface area contributed by atoms with Crippen LogP contribution in [0.3, 0.4) is 0 Å². The fourth-order valence-corrected chi connectivity index (χ4v) is 1.87. The predicted molar refractivity (Wildman–Crippen MR) is 69.8 cm³/mol. The number of benzene rings is 1. The van der Waals surface area contributed by atoms with Gasteiger partial charge in [0.25, 0.3) is 0 Å². The van der Waals surface area contributed by atoms with Crippen LogP contribution in [0.25, 0.3) is 0 Å². The third-order valence-electron chi connectivity index (χ3n) is 2.23. The van der Waals surface area contributed by atoms with Crippen molar-refractivity contribution in [3.63, 3.8) is 0 Å². The van der Waals surface area contributed by atoms with E-state index in [1.165, 1.54) is 24.4 Å². The average Bonchev–Trinajstić information content (AvgIpc) is 2.30. The van der Waals surface area contributed by atoms with Crippen molar-refractivity contribution in [1.29, 1.82) is 0 Å². The molecule has 0 amide bonds. The molecule has 0 atom stereocenters. The summed E-state index contributed by atoms with van der Waals surface area (Å²) in [5, 5.41) is 8.91. The van der Waals surface area contributed by atoms with Crippen LogP contribution in [0.5, 0.6) is 11.6 Å². The molecule has 0 saturated heterocycles. The van der Waals surface area contributed by atoms with Crippen LogP contribution in [0.4, 0.5) is 10.1 Å². The first-order valence-electron chi connectivity index (χ1n) is 5.09. The van der Waals surface area contributed by atoms with Crippen molar-refractivity contribution in [3.05, 3.63) is 46.3 Å². The first-order valence-corrected chi connectivity index (χ1v) is 5.88. The predicted octanol–water partition coefficient (Wildman–Crippen LogP) is 3.06. The van der Waals surface area contributed by atoms with Gasteiger partial charge in [-0.2, -0.15) is 0 Å². The molecule has 0 unspecified atom stereocenters. The summed E-state index contributed by atoms with van der Waals surface area (Å²) in [6.07, 6.45) is 1.25. The van der Waals surface area contributed by atoms with Crippen molar-refractivity contribution in [2.75, 3.05) is 5.73 Å². The van der Waals surface area contributed by atoms with E-state index in [-0.39, 0.29) is 22.9 Å². The summed E-state index contributed by atoms with van der Waals surface area (Å²) in [5.74, 6) is -1.62. The SMILES string of the molecule is Nc1c(C(=O)O)ccnc1Oc1cc(F)cc(Br)c1. The van der Waals surface area contributed by atoms with E-state index in [1.807, 2.05) is 0 Å². The number of rotatable bonds is 3.